The zero-order valence-corrected chi connectivity index (χ0v) is 12.7. The normalized spacial score (nSPS) is 18.9. The number of pyridine rings is 1. The van der Waals surface area contributed by atoms with Crippen molar-refractivity contribution >= 4 is 6.08 Å². The quantitative estimate of drug-likeness (QED) is 0.837. The molecule has 0 aliphatic carbocycles. The van der Waals surface area contributed by atoms with Crippen LogP contribution >= 0.6 is 0 Å². The lowest BCUT2D eigenvalue weighted by molar-refractivity contribution is 0.380. The Kier molecular flexibility index (Phi) is 4.74. The average molecular weight is 269 g/mol. The van der Waals surface area contributed by atoms with Crippen LogP contribution < -0.4 is 0 Å². The molecule has 1 aliphatic heterocycles. The molecule has 0 spiro atoms. The fourth-order valence-corrected chi connectivity index (χ4v) is 2.17. The first kappa shape index (κ1) is 14.5. The Hall–Kier alpha value is -1.87. The van der Waals surface area contributed by atoms with E-state index in [1.165, 1.54) is 11.1 Å². The minimum atomic E-state index is 0.224. The van der Waals surface area contributed by atoms with E-state index in [2.05, 4.69) is 79.4 Å². The molecule has 3 nitrogen and oxygen atoms in total. The second-order valence-electron chi connectivity index (χ2n) is 5.52. The van der Waals surface area contributed by atoms with Gasteiger partial charge in [0, 0.05) is 19.8 Å². The Labute approximate surface area is 121 Å². The lowest BCUT2D eigenvalue weighted by Gasteiger charge is -2.27. The van der Waals surface area contributed by atoms with E-state index in [-0.39, 0.29) is 6.04 Å². The highest BCUT2D eigenvalue weighted by atomic mass is 15.1. The van der Waals surface area contributed by atoms with Gasteiger partial charge in [-0.15, -0.1) is 0 Å². The molecule has 0 saturated heterocycles. The molecule has 0 saturated carbocycles. The van der Waals surface area contributed by atoms with Crippen molar-refractivity contribution in [1.29, 1.82) is 0 Å². The molecule has 0 bridgehead atoms. The number of hydrogen-bond donors (Lipinski definition) is 0. The number of likely N-dealkylation sites (N-methyl/N-ethyl adjacent to an activating group) is 2. The van der Waals surface area contributed by atoms with Crippen molar-refractivity contribution in [3.05, 3.63) is 59.6 Å². The van der Waals surface area contributed by atoms with E-state index in [1.54, 1.807) is 0 Å². The van der Waals surface area contributed by atoms with Gasteiger partial charge in [-0.3, -0.25) is 4.98 Å². The predicted molar refractivity (Wildman–Crippen MR) is 85.2 cm³/mol. The lowest BCUT2D eigenvalue weighted by atomic mass is 10.0. The van der Waals surface area contributed by atoms with Crippen molar-refractivity contribution in [2.45, 2.75) is 13.0 Å². The lowest BCUT2D eigenvalue weighted by Crippen LogP contribution is -2.20. The van der Waals surface area contributed by atoms with Gasteiger partial charge in [-0.05, 0) is 51.0 Å². The minimum absolute atomic E-state index is 0.224. The fourth-order valence-electron chi connectivity index (χ4n) is 2.17. The van der Waals surface area contributed by atoms with Crippen LogP contribution in [0.5, 0.6) is 0 Å². The van der Waals surface area contributed by atoms with Gasteiger partial charge in [-0.1, -0.05) is 23.8 Å². The number of rotatable bonds is 4. The SMILES string of the molecule is CC1=CC(c2cc(/C=C/CN(C)C)ccn2)N(C)C=C1. The Balaban J connectivity index is 2.17. The molecule has 106 valence electrons. The zero-order chi connectivity index (χ0) is 14.5. The third kappa shape index (κ3) is 3.81. The zero-order valence-electron chi connectivity index (χ0n) is 12.7. The summed E-state index contributed by atoms with van der Waals surface area (Å²) in [6.45, 7) is 3.07. The molecule has 0 fully saturated rings. The van der Waals surface area contributed by atoms with Crippen LogP contribution in [0.1, 0.15) is 24.2 Å². The van der Waals surface area contributed by atoms with Crippen LogP contribution in [-0.4, -0.2) is 42.5 Å². The molecule has 2 rings (SSSR count). The Morgan fingerprint density at radius 2 is 2.20 bits per heavy atom. The first-order valence-electron chi connectivity index (χ1n) is 6.92. The van der Waals surface area contributed by atoms with Gasteiger partial charge in [-0.2, -0.15) is 0 Å². The Morgan fingerprint density at radius 3 is 2.95 bits per heavy atom. The summed E-state index contributed by atoms with van der Waals surface area (Å²) in [4.78, 5) is 8.85. The maximum absolute atomic E-state index is 4.53. The van der Waals surface area contributed by atoms with Crippen LogP contribution in [0.4, 0.5) is 0 Å². The van der Waals surface area contributed by atoms with Crippen molar-refractivity contribution in [2.24, 2.45) is 0 Å². The third-order valence-electron chi connectivity index (χ3n) is 3.32. The van der Waals surface area contributed by atoms with Crippen LogP contribution in [-0.2, 0) is 0 Å². The summed E-state index contributed by atoms with van der Waals surface area (Å²) in [5.74, 6) is 0. The van der Waals surface area contributed by atoms with Crippen LogP contribution in [0.25, 0.3) is 6.08 Å². The number of nitrogens with zero attached hydrogens (tertiary/aromatic N) is 3. The minimum Gasteiger partial charge on any atom is -0.368 e. The van der Waals surface area contributed by atoms with Crippen LogP contribution in [0.3, 0.4) is 0 Å². The largest absolute Gasteiger partial charge is 0.368 e. The van der Waals surface area contributed by atoms with E-state index in [1.807, 2.05) is 12.3 Å². The van der Waals surface area contributed by atoms with Gasteiger partial charge < -0.3 is 9.80 Å². The predicted octanol–water partition coefficient (Wildman–Crippen LogP) is 3.10. The summed E-state index contributed by atoms with van der Waals surface area (Å²) >= 11 is 0. The standard InChI is InChI=1S/C17H23N3/c1-14-8-11-20(4)17(12-14)16-13-15(7-9-18-16)6-5-10-19(2)3/h5-9,11-13,17H,10H2,1-4H3/b6-5+. The molecule has 0 radical (unpaired) electrons. The molecule has 0 N–H and O–H groups in total. The van der Waals surface area contributed by atoms with Gasteiger partial charge in [-0.25, -0.2) is 0 Å². The molecule has 0 aromatic carbocycles. The number of aromatic nitrogens is 1. The van der Waals surface area contributed by atoms with Crippen molar-refractivity contribution in [3.63, 3.8) is 0 Å². The Bertz CT molecular complexity index is 541. The highest BCUT2D eigenvalue weighted by Crippen LogP contribution is 2.25. The molecular weight excluding hydrogens is 246 g/mol. The highest BCUT2D eigenvalue weighted by molar-refractivity contribution is 5.50. The van der Waals surface area contributed by atoms with E-state index in [0.29, 0.717) is 0 Å². The summed E-state index contributed by atoms with van der Waals surface area (Å²) in [6.07, 6.45) is 12.7. The molecule has 1 aliphatic rings. The molecule has 1 aromatic heterocycles. The molecule has 0 amide bonds. The maximum atomic E-state index is 4.53. The van der Waals surface area contributed by atoms with Gasteiger partial charge in [0.05, 0.1) is 11.7 Å². The first-order valence-corrected chi connectivity index (χ1v) is 6.92. The summed E-state index contributed by atoms with van der Waals surface area (Å²) in [6, 6.07) is 4.43. The van der Waals surface area contributed by atoms with E-state index in [0.717, 1.165) is 12.2 Å². The number of hydrogen-bond acceptors (Lipinski definition) is 3. The Morgan fingerprint density at radius 1 is 1.40 bits per heavy atom. The molecule has 20 heavy (non-hydrogen) atoms. The van der Waals surface area contributed by atoms with Crippen molar-refractivity contribution in [2.75, 3.05) is 27.7 Å². The summed E-state index contributed by atoms with van der Waals surface area (Å²) < 4.78 is 0. The molecule has 2 heterocycles. The second-order valence-corrected chi connectivity index (χ2v) is 5.52. The van der Waals surface area contributed by atoms with Crippen molar-refractivity contribution in [3.8, 4) is 0 Å². The summed E-state index contributed by atoms with van der Waals surface area (Å²) in [7, 11) is 6.22. The third-order valence-corrected chi connectivity index (χ3v) is 3.32. The topological polar surface area (TPSA) is 19.4 Å². The molecule has 1 atom stereocenters. The monoisotopic (exact) mass is 269 g/mol. The molecule has 3 heteroatoms. The van der Waals surface area contributed by atoms with Crippen molar-refractivity contribution < 1.29 is 0 Å². The van der Waals surface area contributed by atoms with E-state index < -0.39 is 0 Å². The average Bonchev–Trinajstić information content (AvgIpc) is 2.41. The summed E-state index contributed by atoms with van der Waals surface area (Å²) in [5, 5.41) is 0. The van der Waals surface area contributed by atoms with E-state index in [9.17, 15) is 0 Å². The van der Waals surface area contributed by atoms with Crippen LogP contribution in [0, 0.1) is 0 Å². The van der Waals surface area contributed by atoms with Gasteiger partial charge in [0.15, 0.2) is 0 Å². The molecule has 1 aromatic rings. The van der Waals surface area contributed by atoms with Crippen LogP contribution in [0.2, 0.25) is 0 Å². The van der Waals surface area contributed by atoms with Gasteiger partial charge in [0.25, 0.3) is 0 Å². The summed E-state index contributed by atoms with van der Waals surface area (Å²) in [5.41, 5.74) is 3.57. The van der Waals surface area contributed by atoms with Gasteiger partial charge in [0.1, 0.15) is 0 Å². The van der Waals surface area contributed by atoms with Crippen LogP contribution in [0.15, 0.2) is 48.3 Å². The highest BCUT2D eigenvalue weighted by Gasteiger charge is 2.16. The van der Waals surface area contributed by atoms with Gasteiger partial charge >= 0.3 is 0 Å². The molecular formula is C17H23N3. The van der Waals surface area contributed by atoms with Gasteiger partial charge in [0.2, 0.25) is 0 Å². The smallest absolute Gasteiger partial charge is 0.0894 e. The van der Waals surface area contributed by atoms with E-state index in [4.69, 9.17) is 0 Å². The fraction of sp³-hybridized carbons (Fsp3) is 0.353. The second kappa shape index (κ2) is 6.53. The molecule has 1 unspecified atom stereocenters. The first-order chi connectivity index (χ1) is 9.56. The number of allylic oxidation sites excluding steroid dienone is 2. The maximum Gasteiger partial charge on any atom is 0.0894 e. The van der Waals surface area contributed by atoms with E-state index >= 15 is 0 Å². The van der Waals surface area contributed by atoms with Crippen molar-refractivity contribution in [1.82, 2.24) is 14.8 Å².